The molecule has 0 spiro atoms. The summed E-state index contributed by atoms with van der Waals surface area (Å²) in [6.45, 7) is 0. The number of nitrogens with zero attached hydrogens (tertiary/aromatic N) is 4. The number of pyridine rings is 2. The zero-order valence-corrected chi connectivity index (χ0v) is 11.1. The molecule has 5 heteroatoms. The third-order valence-electron chi connectivity index (χ3n) is 3.37. The minimum absolute atomic E-state index is 0.233. The summed E-state index contributed by atoms with van der Waals surface area (Å²) >= 11 is 0. The molecule has 0 aliphatic carbocycles. The summed E-state index contributed by atoms with van der Waals surface area (Å²) in [5, 5.41) is 1.93. The van der Waals surface area contributed by atoms with Gasteiger partial charge in [0.25, 0.3) is 0 Å². The zero-order chi connectivity index (χ0) is 14.2. The smallest absolute Gasteiger partial charge is 0.220 e. The quantitative estimate of drug-likeness (QED) is 0.539. The van der Waals surface area contributed by atoms with Crippen LogP contribution < -0.4 is 5.73 Å². The SMILES string of the molecule is Nc1ncc2c(n1)c(-c1ccccn1)nc1ccccc12. The average Bonchev–Trinajstić information content (AvgIpc) is 2.54. The van der Waals surface area contributed by atoms with Gasteiger partial charge in [0.1, 0.15) is 11.2 Å². The van der Waals surface area contributed by atoms with Crippen molar-refractivity contribution in [2.75, 3.05) is 5.73 Å². The van der Waals surface area contributed by atoms with Crippen LogP contribution in [0.1, 0.15) is 0 Å². The Balaban J connectivity index is 2.20. The van der Waals surface area contributed by atoms with E-state index in [1.807, 2.05) is 42.5 Å². The maximum absolute atomic E-state index is 5.74. The van der Waals surface area contributed by atoms with Crippen LogP contribution in [-0.2, 0) is 0 Å². The van der Waals surface area contributed by atoms with Gasteiger partial charge in [-0.15, -0.1) is 0 Å². The van der Waals surface area contributed by atoms with Crippen molar-refractivity contribution in [1.29, 1.82) is 0 Å². The van der Waals surface area contributed by atoms with Crippen molar-refractivity contribution >= 4 is 27.8 Å². The molecule has 0 saturated carbocycles. The van der Waals surface area contributed by atoms with Crippen LogP contribution in [-0.4, -0.2) is 19.9 Å². The molecule has 1 aromatic carbocycles. The molecule has 4 aromatic rings. The van der Waals surface area contributed by atoms with Gasteiger partial charge < -0.3 is 5.73 Å². The number of hydrogen-bond acceptors (Lipinski definition) is 5. The second-order valence-electron chi connectivity index (χ2n) is 4.68. The van der Waals surface area contributed by atoms with Crippen molar-refractivity contribution in [3.8, 4) is 11.4 Å². The normalized spacial score (nSPS) is 11.0. The van der Waals surface area contributed by atoms with Crippen LogP contribution in [0.5, 0.6) is 0 Å². The van der Waals surface area contributed by atoms with E-state index in [1.54, 1.807) is 12.4 Å². The number of anilines is 1. The van der Waals surface area contributed by atoms with Gasteiger partial charge in [-0.25, -0.2) is 15.0 Å². The molecule has 0 bridgehead atoms. The first kappa shape index (κ1) is 11.7. The lowest BCUT2D eigenvalue weighted by molar-refractivity contribution is 1.22. The molecule has 2 N–H and O–H groups in total. The number of aromatic nitrogens is 4. The van der Waals surface area contributed by atoms with Crippen molar-refractivity contribution in [1.82, 2.24) is 19.9 Å². The first-order valence-corrected chi connectivity index (χ1v) is 6.55. The van der Waals surface area contributed by atoms with Crippen molar-refractivity contribution in [3.63, 3.8) is 0 Å². The standard InChI is InChI=1S/C16H11N5/c17-16-19-9-11-10-5-1-2-6-12(10)20-15(14(11)21-16)13-7-3-4-8-18-13/h1-9H,(H2,17,19,21). The Kier molecular flexibility index (Phi) is 2.50. The average molecular weight is 273 g/mol. The highest BCUT2D eigenvalue weighted by Gasteiger charge is 2.12. The topological polar surface area (TPSA) is 77.6 Å². The van der Waals surface area contributed by atoms with Crippen LogP contribution in [0.4, 0.5) is 5.95 Å². The number of hydrogen-bond donors (Lipinski definition) is 1. The molecule has 0 atom stereocenters. The highest BCUT2D eigenvalue weighted by Crippen LogP contribution is 2.29. The zero-order valence-electron chi connectivity index (χ0n) is 11.1. The van der Waals surface area contributed by atoms with Gasteiger partial charge in [-0.3, -0.25) is 4.98 Å². The van der Waals surface area contributed by atoms with Crippen LogP contribution in [0.2, 0.25) is 0 Å². The summed E-state index contributed by atoms with van der Waals surface area (Å²) in [6.07, 6.45) is 3.48. The summed E-state index contributed by atoms with van der Waals surface area (Å²) in [5.74, 6) is 0.233. The molecule has 21 heavy (non-hydrogen) atoms. The number of nitrogens with two attached hydrogens (primary N) is 1. The molecule has 5 nitrogen and oxygen atoms in total. The Morgan fingerprint density at radius 2 is 1.67 bits per heavy atom. The van der Waals surface area contributed by atoms with E-state index in [-0.39, 0.29) is 5.95 Å². The number of rotatable bonds is 1. The first-order valence-electron chi connectivity index (χ1n) is 6.55. The van der Waals surface area contributed by atoms with Crippen molar-refractivity contribution in [2.45, 2.75) is 0 Å². The largest absolute Gasteiger partial charge is 0.368 e. The Hall–Kier alpha value is -3.08. The monoisotopic (exact) mass is 273 g/mol. The molecular formula is C16H11N5. The number of benzene rings is 1. The molecule has 0 radical (unpaired) electrons. The van der Waals surface area contributed by atoms with E-state index >= 15 is 0 Å². The van der Waals surface area contributed by atoms with E-state index in [2.05, 4.69) is 15.0 Å². The van der Waals surface area contributed by atoms with Gasteiger partial charge >= 0.3 is 0 Å². The van der Waals surface area contributed by atoms with Gasteiger partial charge in [0.05, 0.1) is 11.2 Å². The Bertz CT molecular complexity index is 950. The predicted molar refractivity (Wildman–Crippen MR) is 82.5 cm³/mol. The Labute approximate surface area is 120 Å². The second kappa shape index (κ2) is 4.49. The van der Waals surface area contributed by atoms with E-state index in [1.165, 1.54) is 0 Å². The van der Waals surface area contributed by atoms with E-state index < -0.39 is 0 Å². The third kappa shape index (κ3) is 1.87. The Morgan fingerprint density at radius 3 is 2.52 bits per heavy atom. The van der Waals surface area contributed by atoms with Gasteiger partial charge in [0.15, 0.2) is 0 Å². The molecule has 100 valence electrons. The first-order chi connectivity index (χ1) is 10.3. The van der Waals surface area contributed by atoms with Crippen molar-refractivity contribution in [3.05, 3.63) is 54.9 Å². The fourth-order valence-electron chi connectivity index (χ4n) is 2.43. The summed E-state index contributed by atoms with van der Waals surface area (Å²) in [4.78, 5) is 17.6. The number of nitrogen functional groups attached to an aromatic ring is 1. The molecule has 4 rings (SSSR count). The van der Waals surface area contributed by atoms with Crippen LogP contribution in [0.25, 0.3) is 33.2 Å². The number of para-hydroxylation sites is 1. The van der Waals surface area contributed by atoms with Crippen LogP contribution in [0, 0.1) is 0 Å². The highest BCUT2D eigenvalue weighted by molar-refractivity contribution is 6.08. The summed E-state index contributed by atoms with van der Waals surface area (Å²) in [6, 6.07) is 13.6. The molecule has 3 aromatic heterocycles. The minimum Gasteiger partial charge on any atom is -0.368 e. The lowest BCUT2D eigenvalue weighted by Gasteiger charge is -2.08. The minimum atomic E-state index is 0.233. The molecule has 0 aliphatic rings. The van der Waals surface area contributed by atoms with Gasteiger partial charge in [-0.2, -0.15) is 0 Å². The maximum atomic E-state index is 5.74. The molecule has 0 amide bonds. The number of fused-ring (bicyclic) bond motifs is 3. The van der Waals surface area contributed by atoms with Crippen molar-refractivity contribution < 1.29 is 0 Å². The second-order valence-corrected chi connectivity index (χ2v) is 4.68. The fourth-order valence-corrected chi connectivity index (χ4v) is 2.43. The fraction of sp³-hybridized carbons (Fsp3) is 0. The van der Waals surface area contributed by atoms with Gasteiger partial charge in [0.2, 0.25) is 5.95 Å². The van der Waals surface area contributed by atoms with Crippen LogP contribution >= 0.6 is 0 Å². The molecule has 0 unspecified atom stereocenters. The molecule has 3 heterocycles. The highest BCUT2D eigenvalue weighted by atomic mass is 15.0. The summed E-state index contributed by atoms with van der Waals surface area (Å²) < 4.78 is 0. The lowest BCUT2D eigenvalue weighted by Crippen LogP contribution is -1.98. The summed E-state index contributed by atoms with van der Waals surface area (Å²) in [7, 11) is 0. The van der Waals surface area contributed by atoms with Gasteiger partial charge in [0, 0.05) is 23.2 Å². The maximum Gasteiger partial charge on any atom is 0.220 e. The van der Waals surface area contributed by atoms with Gasteiger partial charge in [-0.05, 0) is 18.2 Å². The molecule has 0 aliphatic heterocycles. The molecule has 0 fully saturated rings. The van der Waals surface area contributed by atoms with E-state index in [0.29, 0.717) is 0 Å². The van der Waals surface area contributed by atoms with Crippen LogP contribution in [0.3, 0.4) is 0 Å². The van der Waals surface area contributed by atoms with E-state index in [4.69, 9.17) is 10.7 Å². The Morgan fingerprint density at radius 1 is 0.810 bits per heavy atom. The summed E-state index contributed by atoms with van der Waals surface area (Å²) in [5.41, 5.74) is 8.85. The lowest BCUT2D eigenvalue weighted by atomic mass is 10.1. The molecular weight excluding hydrogens is 262 g/mol. The third-order valence-corrected chi connectivity index (χ3v) is 3.37. The van der Waals surface area contributed by atoms with E-state index in [0.717, 1.165) is 33.2 Å². The predicted octanol–water partition coefficient (Wildman–Crippen LogP) is 2.82. The van der Waals surface area contributed by atoms with Crippen molar-refractivity contribution in [2.24, 2.45) is 0 Å². The van der Waals surface area contributed by atoms with Crippen LogP contribution in [0.15, 0.2) is 54.9 Å². The van der Waals surface area contributed by atoms with E-state index in [9.17, 15) is 0 Å². The molecule has 0 saturated heterocycles. The van der Waals surface area contributed by atoms with Gasteiger partial charge in [-0.1, -0.05) is 24.3 Å².